The number of ether oxygens (including phenoxy) is 2. The van der Waals surface area contributed by atoms with E-state index in [0.29, 0.717) is 18.1 Å². The Bertz CT molecular complexity index is 630. The van der Waals surface area contributed by atoms with Gasteiger partial charge in [0.15, 0.2) is 5.96 Å². The van der Waals surface area contributed by atoms with Crippen LogP contribution in [0.5, 0.6) is 0 Å². The first-order valence-electron chi connectivity index (χ1n) is 8.37. The molecule has 2 N–H and O–H groups in total. The van der Waals surface area contributed by atoms with Gasteiger partial charge in [-0.25, -0.2) is 0 Å². The Balaban J connectivity index is 0.00000729. The maximum atomic E-state index is 12.0. The normalized spacial score (nSPS) is 12.2. The molecule has 160 valence electrons. The molecule has 0 fully saturated rings. The van der Waals surface area contributed by atoms with Gasteiger partial charge in [0.2, 0.25) is 0 Å². The van der Waals surface area contributed by atoms with E-state index in [1.165, 1.54) is 0 Å². The summed E-state index contributed by atoms with van der Waals surface area (Å²) in [6, 6.07) is 6.95. The number of carbonyl (C=O) groups is 1. The highest BCUT2D eigenvalue weighted by Gasteiger charge is 2.27. The fourth-order valence-electron chi connectivity index (χ4n) is 1.98. The molecule has 0 atom stereocenters. The van der Waals surface area contributed by atoms with Crippen molar-refractivity contribution in [3.8, 4) is 0 Å². The minimum atomic E-state index is -4.33. The second-order valence-electron chi connectivity index (χ2n) is 6.79. The standard InChI is InChI=1S/C18H26F3N3O3.HI/c1-17(2,3)27-15(25)10-24-16(22-4)23-9-13-5-7-14(8-6-13)11-26-12-18(19,20)21;/h5-8H,9-12H2,1-4H3,(H2,22,23,24);1H. The van der Waals surface area contributed by atoms with E-state index in [-0.39, 0.29) is 37.1 Å². The second-order valence-corrected chi connectivity index (χ2v) is 6.79. The van der Waals surface area contributed by atoms with E-state index in [9.17, 15) is 18.0 Å². The largest absolute Gasteiger partial charge is 0.459 e. The Kier molecular flexibility index (Phi) is 11.4. The van der Waals surface area contributed by atoms with Gasteiger partial charge in [0.1, 0.15) is 18.8 Å². The van der Waals surface area contributed by atoms with Gasteiger partial charge in [-0.05, 0) is 31.9 Å². The first-order chi connectivity index (χ1) is 12.5. The summed E-state index contributed by atoms with van der Waals surface area (Å²) in [7, 11) is 1.57. The van der Waals surface area contributed by atoms with E-state index < -0.39 is 24.4 Å². The van der Waals surface area contributed by atoms with Crippen molar-refractivity contribution in [3.63, 3.8) is 0 Å². The van der Waals surface area contributed by atoms with Gasteiger partial charge in [0.25, 0.3) is 0 Å². The van der Waals surface area contributed by atoms with Crippen LogP contribution < -0.4 is 10.6 Å². The van der Waals surface area contributed by atoms with Crippen molar-refractivity contribution >= 4 is 35.9 Å². The van der Waals surface area contributed by atoms with Gasteiger partial charge < -0.3 is 20.1 Å². The summed E-state index contributed by atoms with van der Waals surface area (Å²) in [4.78, 5) is 15.7. The van der Waals surface area contributed by atoms with Gasteiger partial charge in [-0.2, -0.15) is 13.2 Å². The number of rotatable bonds is 7. The lowest BCUT2D eigenvalue weighted by molar-refractivity contribution is -0.176. The zero-order valence-corrected chi connectivity index (χ0v) is 18.7. The minimum Gasteiger partial charge on any atom is -0.459 e. The van der Waals surface area contributed by atoms with Gasteiger partial charge in [0, 0.05) is 13.6 Å². The third-order valence-electron chi connectivity index (χ3n) is 3.06. The van der Waals surface area contributed by atoms with E-state index in [4.69, 9.17) is 4.74 Å². The predicted molar refractivity (Wildman–Crippen MR) is 112 cm³/mol. The molecule has 0 radical (unpaired) electrons. The molecule has 0 spiro atoms. The smallest absolute Gasteiger partial charge is 0.411 e. The number of alkyl halides is 3. The molecule has 1 aromatic carbocycles. The summed E-state index contributed by atoms with van der Waals surface area (Å²) in [5.74, 6) is 0.0344. The molecule has 0 saturated carbocycles. The molecule has 0 aliphatic heterocycles. The molecule has 6 nitrogen and oxygen atoms in total. The zero-order valence-electron chi connectivity index (χ0n) is 16.4. The third-order valence-corrected chi connectivity index (χ3v) is 3.06. The molecule has 0 heterocycles. The number of benzene rings is 1. The summed E-state index contributed by atoms with van der Waals surface area (Å²) < 4.78 is 45.9. The number of esters is 1. The van der Waals surface area contributed by atoms with Crippen LogP contribution in [0.1, 0.15) is 31.9 Å². The third kappa shape index (κ3) is 12.8. The topological polar surface area (TPSA) is 72.0 Å². The quantitative estimate of drug-likeness (QED) is 0.251. The van der Waals surface area contributed by atoms with Crippen molar-refractivity contribution in [2.45, 2.75) is 45.7 Å². The first-order valence-corrected chi connectivity index (χ1v) is 8.37. The number of guanidine groups is 1. The molecule has 0 amide bonds. The van der Waals surface area contributed by atoms with Crippen LogP contribution in [-0.2, 0) is 27.4 Å². The molecule has 28 heavy (non-hydrogen) atoms. The second kappa shape index (κ2) is 12.1. The average molecular weight is 517 g/mol. The van der Waals surface area contributed by atoms with Crippen LogP contribution in [0.15, 0.2) is 29.3 Å². The number of hydrogen-bond donors (Lipinski definition) is 2. The molecule has 10 heteroatoms. The molecule has 0 aromatic heterocycles. The molecule has 0 bridgehead atoms. The highest BCUT2D eigenvalue weighted by molar-refractivity contribution is 14.0. The number of aliphatic imine (C=N–C) groups is 1. The summed E-state index contributed by atoms with van der Waals surface area (Å²) >= 11 is 0. The highest BCUT2D eigenvalue weighted by Crippen LogP contribution is 2.15. The van der Waals surface area contributed by atoms with E-state index in [2.05, 4.69) is 20.4 Å². The van der Waals surface area contributed by atoms with Crippen molar-refractivity contribution in [2.24, 2.45) is 4.99 Å². The summed E-state index contributed by atoms with van der Waals surface area (Å²) in [5.41, 5.74) is 0.992. The lowest BCUT2D eigenvalue weighted by Gasteiger charge is -2.20. The summed E-state index contributed by atoms with van der Waals surface area (Å²) in [6.45, 7) is 4.40. The number of halogens is 4. The molecule has 0 saturated heterocycles. The summed E-state index contributed by atoms with van der Waals surface area (Å²) in [5, 5.41) is 5.89. The van der Waals surface area contributed by atoms with E-state index in [1.54, 1.807) is 52.1 Å². The Morgan fingerprint density at radius 1 is 1.07 bits per heavy atom. The van der Waals surface area contributed by atoms with Gasteiger partial charge >= 0.3 is 12.1 Å². The highest BCUT2D eigenvalue weighted by atomic mass is 127. The van der Waals surface area contributed by atoms with E-state index in [1.807, 2.05) is 0 Å². The van der Waals surface area contributed by atoms with Crippen molar-refractivity contribution in [1.82, 2.24) is 10.6 Å². The van der Waals surface area contributed by atoms with Crippen LogP contribution in [-0.4, -0.2) is 43.9 Å². The van der Waals surface area contributed by atoms with Crippen molar-refractivity contribution in [2.75, 3.05) is 20.2 Å². The maximum Gasteiger partial charge on any atom is 0.411 e. The van der Waals surface area contributed by atoms with Crippen LogP contribution in [0.2, 0.25) is 0 Å². The van der Waals surface area contributed by atoms with Gasteiger partial charge in [-0.15, -0.1) is 24.0 Å². The van der Waals surface area contributed by atoms with Gasteiger partial charge in [0.05, 0.1) is 6.61 Å². The lowest BCUT2D eigenvalue weighted by atomic mass is 10.1. The molecule has 0 aliphatic rings. The lowest BCUT2D eigenvalue weighted by Crippen LogP contribution is -2.41. The maximum absolute atomic E-state index is 12.0. The average Bonchev–Trinajstić information content (AvgIpc) is 2.53. The number of nitrogens with zero attached hydrogens (tertiary/aromatic N) is 1. The number of hydrogen-bond acceptors (Lipinski definition) is 4. The molecule has 1 rings (SSSR count). The predicted octanol–water partition coefficient (Wildman–Crippen LogP) is 3.39. The minimum absolute atomic E-state index is 0. The van der Waals surface area contributed by atoms with Crippen molar-refractivity contribution in [1.29, 1.82) is 0 Å². The monoisotopic (exact) mass is 517 g/mol. The molecule has 1 aromatic rings. The van der Waals surface area contributed by atoms with Crippen LogP contribution >= 0.6 is 24.0 Å². The molecular weight excluding hydrogens is 490 g/mol. The SMILES string of the molecule is CN=C(NCC(=O)OC(C)(C)C)NCc1ccc(COCC(F)(F)F)cc1.I. The van der Waals surface area contributed by atoms with Crippen molar-refractivity contribution in [3.05, 3.63) is 35.4 Å². The van der Waals surface area contributed by atoms with Crippen LogP contribution in [0.3, 0.4) is 0 Å². The first kappa shape index (κ1) is 26.4. The Hall–Kier alpha value is -1.56. The fourth-order valence-corrected chi connectivity index (χ4v) is 1.98. The number of nitrogens with one attached hydrogen (secondary N) is 2. The Morgan fingerprint density at radius 2 is 1.64 bits per heavy atom. The van der Waals surface area contributed by atoms with E-state index >= 15 is 0 Å². The Morgan fingerprint density at radius 3 is 2.14 bits per heavy atom. The van der Waals surface area contributed by atoms with Gasteiger partial charge in [-0.1, -0.05) is 24.3 Å². The van der Waals surface area contributed by atoms with Crippen LogP contribution in [0.25, 0.3) is 0 Å². The van der Waals surface area contributed by atoms with Crippen LogP contribution in [0, 0.1) is 0 Å². The van der Waals surface area contributed by atoms with E-state index in [0.717, 1.165) is 5.56 Å². The zero-order chi connectivity index (χ0) is 20.5. The molecular formula is C18H27F3IN3O3. The molecule has 0 aliphatic carbocycles. The fraction of sp³-hybridized carbons (Fsp3) is 0.556. The van der Waals surface area contributed by atoms with Gasteiger partial charge in [-0.3, -0.25) is 9.79 Å². The summed E-state index contributed by atoms with van der Waals surface area (Å²) in [6.07, 6.45) is -4.33. The van der Waals surface area contributed by atoms with Crippen molar-refractivity contribution < 1.29 is 27.4 Å². The van der Waals surface area contributed by atoms with Crippen LogP contribution in [0.4, 0.5) is 13.2 Å². The number of carbonyl (C=O) groups excluding carboxylic acids is 1. The molecule has 0 unspecified atom stereocenters. The Labute approximate surface area is 180 Å².